The van der Waals surface area contributed by atoms with Gasteiger partial charge in [0, 0.05) is 6.20 Å². The van der Waals surface area contributed by atoms with Gasteiger partial charge in [0.25, 0.3) is 5.88 Å². The normalized spacial score (nSPS) is 18.6. The number of rotatable bonds is 6. The molecule has 6 heteroatoms. The van der Waals surface area contributed by atoms with Crippen LogP contribution in [0.3, 0.4) is 0 Å². The minimum atomic E-state index is -0.581. The van der Waals surface area contributed by atoms with Crippen molar-refractivity contribution in [3.63, 3.8) is 0 Å². The van der Waals surface area contributed by atoms with Gasteiger partial charge in [-0.3, -0.25) is 0 Å². The molecule has 1 atom stereocenters. The number of ether oxygens (including phenoxy) is 4. The summed E-state index contributed by atoms with van der Waals surface area (Å²) in [6.07, 6.45) is 1.25. The van der Waals surface area contributed by atoms with Gasteiger partial charge in [0.2, 0.25) is 0 Å². The molecule has 0 saturated carbocycles. The maximum Gasteiger partial charge on any atom is 0.251 e. The van der Waals surface area contributed by atoms with Gasteiger partial charge in [0.1, 0.15) is 18.5 Å². The van der Waals surface area contributed by atoms with Gasteiger partial charge in [-0.25, -0.2) is 9.37 Å². The predicted molar refractivity (Wildman–Crippen MR) is 70.9 cm³/mol. The highest BCUT2D eigenvalue weighted by atomic mass is 19.1. The van der Waals surface area contributed by atoms with Crippen LogP contribution in [0.5, 0.6) is 5.88 Å². The van der Waals surface area contributed by atoms with Gasteiger partial charge in [-0.2, -0.15) is 0 Å². The Bertz CT molecular complexity index is 460. The van der Waals surface area contributed by atoms with Crippen molar-refractivity contribution in [3.05, 3.63) is 30.2 Å². The minimum absolute atomic E-state index is 0.0856. The standard InChI is InChI=1S/C14H18FNO4/c1-3-18-10(2)12-4-5-16-14(13(12)15)20-9-11-8-17-6-7-19-11/h4-5,11H,2-3,6-9H2,1H3. The van der Waals surface area contributed by atoms with Crippen LogP contribution in [0.15, 0.2) is 18.8 Å². The van der Waals surface area contributed by atoms with Crippen LogP contribution in [0.25, 0.3) is 5.76 Å². The monoisotopic (exact) mass is 283 g/mol. The summed E-state index contributed by atoms with van der Waals surface area (Å²) in [7, 11) is 0. The molecule has 1 unspecified atom stereocenters. The summed E-state index contributed by atoms with van der Waals surface area (Å²) in [6.45, 7) is 7.63. The summed E-state index contributed by atoms with van der Waals surface area (Å²) in [5.41, 5.74) is 0.248. The van der Waals surface area contributed by atoms with E-state index in [1.54, 1.807) is 0 Å². The van der Waals surface area contributed by atoms with E-state index in [1.807, 2.05) is 6.92 Å². The van der Waals surface area contributed by atoms with Crippen LogP contribution in [0.4, 0.5) is 4.39 Å². The number of aromatic nitrogens is 1. The Morgan fingerprint density at radius 1 is 1.55 bits per heavy atom. The Morgan fingerprint density at radius 2 is 2.40 bits per heavy atom. The van der Waals surface area contributed by atoms with Crippen LogP contribution in [-0.4, -0.2) is 44.1 Å². The maximum atomic E-state index is 14.2. The Hall–Kier alpha value is -1.66. The Balaban J connectivity index is 2.00. The lowest BCUT2D eigenvalue weighted by Crippen LogP contribution is -2.33. The molecular formula is C14H18FNO4. The molecule has 20 heavy (non-hydrogen) atoms. The van der Waals surface area contributed by atoms with Crippen molar-refractivity contribution in [1.82, 2.24) is 4.98 Å². The van der Waals surface area contributed by atoms with E-state index in [-0.39, 0.29) is 29.9 Å². The van der Waals surface area contributed by atoms with Crippen molar-refractivity contribution < 1.29 is 23.3 Å². The van der Waals surface area contributed by atoms with Crippen molar-refractivity contribution >= 4 is 5.76 Å². The molecule has 110 valence electrons. The van der Waals surface area contributed by atoms with Crippen LogP contribution in [-0.2, 0) is 14.2 Å². The molecular weight excluding hydrogens is 265 g/mol. The summed E-state index contributed by atoms with van der Waals surface area (Å²) in [5.74, 6) is -0.408. The molecule has 0 amide bonds. The SMILES string of the molecule is C=C(OCC)c1ccnc(OCC2COCCO2)c1F. The predicted octanol–water partition coefficient (Wildman–Crippen LogP) is 2.02. The number of nitrogens with zero attached hydrogens (tertiary/aromatic N) is 1. The minimum Gasteiger partial charge on any atom is -0.494 e. The zero-order chi connectivity index (χ0) is 14.4. The van der Waals surface area contributed by atoms with Crippen molar-refractivity contribution in [2.75, 3.05) is 33.0 Å². The lowest BCUT2D eigenvalue weighted by molar-refractivity contribution is -0.102. The van der Waals surface area contributed by atoms with E-state index in [0.29, 0.717) is 26.4 Å². The van der Waals surface area contributed by atoms with Crippen LogP contribution >= 0.6 is 0 Å². The van der Waals surface area contributed by atoms with Gasteiger partial charge < -0.3 is 18.9 Å². The summed E-state index contributed by atoms with van der Waals surface area (Å²) in [6, 6.07) is 1.50. The zero-order valence-electron chi connectivity index (χ0n) is 11.4. The third kappa shape index (κ3) is 3.68. The molecule has 0 radical (unpaired) electrons. The van der Waals surface area contributed by atoms with Crippen LogP contribution in [0, 0.1) is 5.82 Å². The van der Waals surface area contributed by atoms with Crippen LogP contribution in [0.1, 0.15) is 12.5 Å². The largest absolute Gasteiger partial charge is 0.494 e. The molecule has 0 bridgehead atoms. The summed E-state index contributed by atoms with van der Waals surface area (Å²) < 4.78 is 35.4. The highest BCUT2D eigenvalue weighted by molar-refractivity contribution is 5.58. The summed E-state index contributed by atoms with van der Waals surface area (Å²) in [4.78, 5) is 3.88. The van der Waals surface area contributed by atoms with Gasteiger partial charge >= 0.3 is 0 Å². The summed E-state index contributed by atoms with van der Waals surface area (Å²) >= 11 is 0. The fraction of sp³-hybridized carbons (Fsp3) is 0.500. The molecule has 1 aliphatic heterocycles. The molecule has 2 rings (SSSR count). The van der Waals surface area contributed by atoms with E-state index < -0.39 is 5.82 Å². The quantitative estimate of drug-likeness (QED) is 0.748. The van der Waals surface area contributed by atoms with E-state index in [0.717, 1.165) is 0 Å². The fourth-order valence-electron chi connectivity index (χ4n) is 1.80. The smallest absolute Gasteiger partial charge is 0.251 e. The maximum absolute atomic E-state index is 14.2. The van der Waals surface area contributed by atoms with E-state index in [9.17, 15) is 4.39 Å². The molecule has 2 heterocycles. The highest BCUT2D eigenvalue weighted by Crippen LogP contribution is 2.23. The van der Waals surface area contributed by atoms with Gasteiger partial charge in [-0.15, -0.1) is 0 Å². The van der Waals surface area contributed by atoms with E-state index in [1.165, 1.54) is 12.3 Å². The van der Waals surface area contributed by atoms with Gasteiger partial charge in [-0.1, -0.05) is 6.58 Å². The van der Waals surface area contributed by atoms with Crippen molar-refractivity contribution in [1.29, 1.82) is 0 Å². The van der Waals surface area contributed by atoms with Crippen LogP contribution < -0.4 is 4.74 Å². The lowest BCUT2D eigenvalue weighted by atomic mass is 10.2. The van der Waals surface area contributed by atoms with E-state index >= 15 is 0 Å². The molecule has 1 fully saturated rings. The Morgan fingerprint density at radius 3 is 3.10 bits per heavy atom. The van der Waals surface area contributed by atoms with Gasteiger partial charge in [0.05, 0.1) is 32.0 Å². The molecule has 0 N–H and O–H groups in total. The fourth-order valence-corrected chi connectivity index (χ4v) is 1.80. The lowest BCUT2D eigenvalue weighted by Gasteiger charge is -2.22. The third-order valence-electron chi connectivity index (χ3n) is 2.77. The Kier molecular flexibility index (Phi) is 5.31. The van der Waals surface area contributed by atoms with E-state index in [2.05, 4.69) is 11.6 Å². The number of halogens is 1. The molecule has 5 nitrogen and oxygen atoms in total. The first-order chi connectivity index (χ1) is 9.72. The van der Waals surface area contributed by atoms with Gasteiger partial charge in [0.15, 0.2) is 5.82 Å². The van der Waals surface area contributed by atoms with Crippen molar-refractivity contribution in [3.8, 4) is 5.88 Å². The molecule has 1 aliphatic rings. The third-order valence-corrected chi connectivity index (χ3v) is 2.77. The number of pyridine rings is 1. The average Bonchev–Trinajstić information content (AvgIpc) is 2.47. The zero-order valence-corrected chi connectivity index (χ0v) is 11.4. The highest BCUT2D eigenvalue weighted by Gasteiger charge is 2.18. The first-order valence-corrected chi connectivity index (χ1v) is 6.51. The average molecular weight is 283 g/mol. The second-order valence-electron chi connectivity index (χ2n) is 4.21. The summed E-state index contributed by atoms with van der Waals surface area (Å²) in [5, 5.41) is 0. The van der Waals surface area contributed by atoms with Crippen molar-refractivity contribution in [2.24, 2.45) is 0 Å². The second-order valence-corrected chi connectivity index (χ2v) is 4.21. The van der Waals surface area contributed by atoms with Gasteiger partial charge in [-0.05, 0) is 13.0 Å². The first-order valence-electron chi connectivity index (χ1n) is 6.51. The molecule has 0 aliphatic carbocycles. The Labute approximate surface area is 117 Å². The first kappa shape index (κ1) is 14.7. The van der Waals surface area contributed by atoms with Crippen LogP contribution in [0.2, 0.25) is 0 Å². The molecule has 1 aromatic heterocycles. The molecule has 1 aromatic rings. The molecule has 0 spiro atoms. The van der Waals surface area contributed by atoms with Crippen molar-refractivity contribution in [2.45, 2.75) is 13.0 Å². The second kappa shape index (κ2) is 7.21. The molecule has 1 saturated heterocycles. The number of hydrogen-bond acceptors (Lipinski definition) is 5. The molecule has 0 aromatic carbocycles. The number of hydrogen-bond donors (Lipinski definition) is 0. The van der Waals surface area contributed by atoms with E-state index in [4.69, 9.17) is 18.9 Å². The topological polar surface area (TPSA) is 49.8 Å².